The van der Waals surface area contributed by atoms with Crippen molar-refractivity contribution in [2.24, 2.45) is 17.8 Å². The molecule has 0 aromatic heterocycles. The van der Waals surface area contributed by atoms with E-state index in [0.717, 1.165) is 25.7 Å². The quantitative estimate of drug-likeness (QED) is 0.437. The normalized spacial score (nSPS) is 24.3. The molecule has 0 amide bonds. The highest BCUT2D eigenvalue weighted by Gasteiger charge is 2.40. The average Bonchev–Trinajstić information content (AvgIpc) is 2.52. The molecule has 3 unspecified atom stereocenters. The zero-order valence-electron chi connectivity index (χ0n) is 14.9. The second-order valence-electron chi connectivity index (χ2n) is 7.02. The van der Waals surface area contributed by atoms with Crippen molar-refractivity contribution >= 4 is 11.9 Å². The zero-order valence-corrected chi connectivity index (χ0v) is 14.9. The number of esters is 1. The first kappa shape index (κ1) is 20.0. The molecular formula is C19H34O4. The number of carbonyl (C=O) groups excluding carboxylic acids is 1. The minimum Gasteiger partial charge on any atom is -0.481 e. The van der Waals surface area contributed by atoms with Gasteiger partial charge in [0.05, 0.1) is 18.4 Å². The van der Waals surface area contributed by atoms with Gasteiger partial charge in [-0.05, 0) is 25.2 Å². The van der Waals surface area contributed by atoms with Crippen LogP contribution in [-0.2, 0) is 14.3 Å². The Morgan fingerprint density at radius 1 is 1.00 bits per heavy atom. The predicted octanol–water partition coefficient (Wildman–Crippen LogP) is 4.81. The van der Waals surface area contributed by atoms with Crippen molar-refractivity contribution in [3.63, 3.8) is 0 Å². The second-order valence-corrected chi connectivity index (χ2v) is 7.02. The minimum atomic E-state index is -0.855. The third kappa shape index (κ3) is 7.36. The smallest absolute Gasteiger partial charge is 0.309 e. The van der Waals surface area contributed by atoms with E-state index >= 15 is 0 Å². The number of rotatable bonds is 11. The van der Waals surface area contributed by atoms with E-state index in [1.165, 1.54) is 38.5 Å². The van der Waals surface area contributed by atoms with Crippen LogP contribution in [0.2, 0.25) is 0 Å². The Morgan fingerprint density at radius 3 is 2.22 bits per heavy atom. The van der Waals surface area contributed by atoms with Gasteiger partial charge in [0.2, 0.25) is 0 Å². The number of carboxylic acid groups (broad SMARTS) is 1. The number of hydrogen-bond acceptors (Lipinski definition) is 3. The zero-order chi connectivity index (χ0) is 17.1. The number of carboxylic acids is 1. The fourth-order valence-corrected chi connectivity index (χ4v) is 3.61. The third-order valence-electron chi connectivity index (χ3n) is 5.05. The fraction of sp³-hybridized carbons (Fsp3) is 0.895. The summed E-state index contributed by atoms with van der Waals surface area (Å²) in [5.74, 6) is -2.12. The summed E-state index contributed by atoms with van der Waals surface area (Å²) in [5.41, 5.74) is 0. The van der Waals surface area contributed by atoms with Gasteiger partial charge in [0.1, 0.15) is 0 Å². The molecule has 134 valence electrons. The van der Waals surface area contributed by atoms with E-state index in [0.29, 0.717) is 13.0 Å². The lowest BCUT2D eigenvalue weighted by atomic mass is 9.73. The fourth-order valence-electron chi connectivity index (χ4n) is 3.61. The molecule has 0 bridgehead atoms. The summed E-state index contributed by atoms with van der Waals surface area (Å²) in [5, 5.41) is 9.35. The second kappa shape index (κ2) is 11.5. The first-order valence-corrected chi connectivity index (χ1v) is 9.47. The maximum atomic E-state index is 12.2. The number of hydrogen-bond donors (Lipinski definition) is 1. The van der Waals surface area contributed by atoms with Crippen LogP contribution in [0.25, 0.3) is 0 Å². The standard InChI is InChI=1S/C19H34O4/c1-3-4-5-6-7-8-9-10-14-23-19(22)16-13-11-12-15(2)17(16)18(20)21/h15-17H,3-14H2,1-2H3,(H,20,21). The molecule has 1 aliphatic carbocycles. The van der Waals surface area contributed by atoms with Crippen molar-refractivity contribution in [1.29, 1.82) is 0 Å². The van der Waals surface area contributed by atoms with Crippen LogP contribution in [0.15, 0.2) is 0 Å². The molecule has 1 N–H and O–H groups in total. The molecule has 0 radical (unpaired) electrons. The summed E-state index contributed by atoms with van der Waals surface area (Å²) in [4.78, 5) is 23.6. The topological polar surface area (TPSA) is 63.6 Å². The van der Waals surface area contributed by atoms with E-state index in [2.05, 4.69) is 6.92 Å². The minimum absolute atomic E-state index is 0.0573. The summed E-state index contributed by atoms with van der Waals surface area (Å²) in [6.07, 6.45) is 12.1. The van der Waals surface area contributed by atoms with Crippen LogP contribution >= 0.6 is 0 Å². The van der Waals surface area contributed by atoms with Gasteiger partial charge in [-0.3, -0.25) is 9.59 Å². The van der Waals surface area contributed by atoms with E-state index in [1.807, 2.05) is 6.92 Å². The third-order valence-corrected chi connectivity index (χ3v) is 5.05. The molecular weight excluding hydrogens is 292 g/mol. The summed E-state index contributed by atoms with van der Waals surface area (Å²) in [7, 11) is 0. The van der Waals surface area contributed by atoms with E-state index in [9.17, 15) is 14.7 Å². The van der Waals surface area contributed by atoms with Crippen LogP contribution < -0.4 is 0 Å². The van der Waals surface area contributed by atoms with Crippen molar-refractivity contribution in [3.8, 4) is 0 Å². The highest BCUT2D eigenvalue weighted by Crippen LogP contribution is 2.35. The van der Waals surface area contributed by atoms with Crippen molar-refractivity contribution in [1.82, 2.24) is 0 Å². The van der Waals surface area contributed by atoms with E-state index < -0.39 is 17.8 Å². The number of ether oxygens (including phenoxy) is 1. The number of aliphatic carboxylic acids is 1. The van der Waals surface area contributed by atoms with Gasteiger partial charge in [-0.2, -0.15) is 0 Å². The summed E-state index contributed by atoms with van der Waals surface area (Å²) >= 11 is 0. The van der Waals surface area contributed by atoms with Gasteiger partial charge < -0.3 is 9.84 Å². The van der Waals surface area contributed by atoms with Gasteiger partial charge in [0.15, 0.2) is 0 Å². The van der Waals surface area contributed by atoms with Gasteiger partial charge in [0.25, 0.3) is 0 Å². The number of carbonyl (C=O) groups is 2. The molecule has 1 aliphatic rings. The Bertz CT molecular complexity index is 353. The van der Waals surface area contributed by atoms with Crippen LogP contribution in [0, 0.1) is 17.8 Å². The predicted molar refractivity (Wildman–Crippen MR) is 91.2 cm³/mol. The highest BCUT2D eigenvalue weighted by molar-refractivity contribution is 5.81. The van der Waals surface area contributed by atoms with Crippen molar-refractivity contribution in [3.05, 3.63) is 0 Å². The molecule has 0 saturated heterocycles. The van der Waals surface area contributed by atoms with Crippen LogP contribution in [-0.4, -0.2) is 23.7 Å². The van der Waals surface area contributed by atoms with Crippen LogP contribution in [0.4, 0.5) is 0 Å². The monoisotopic (exact) mass is 326 g/mol. The van der Waals surface area contributed by atoms with Gasteiger partial charge >= 0.3 is 11.9 Å². The molecule has 0 spiro atoms. The highest BCUT2D eigenvalue weighted by atomic mass is 16.5. The van der Waals surface area contributed by atoms with Gasteiger partial charge in [-0.1, -0.05) is 65.2 Å². The average molecular weight is 326 g/mol. The summed E-state index contributed by atoms with van der Waals surface area (Å²) in [6, 6.07) is 0. The summed E-state index contributed by atoms with van der Waals surface area (Å²) < 4.78 is 5.35. The summed E-state index contributed by atoms with van der Waals surface area (Å²) in [6.45, 7) is 4.58. The van der Waals surface area contributed by atoms with E-state index in [1.54, 1.807) is 0 Å². The maximum absolute atomic E-state index is 12.2. The number of unbranched alkanes of at least 4 members (excludes halogenated alkanes) is 7. The first-order valence-electron chi connectivity index (χ1n) is 9.47. The molecule has 4 nitrogen and oxygen atoms in total. The van der Waals surface area contributed by atoms with Crippen LogP contribution in [0.1, 0.15) is 84.5 Å². The molecule has 0 heterocycles. The molecule has 0 aliphatic heterocycles. The largest absolute Gasteiger partial charge is 0.481 e. The molecule has 1 saturated carbocycles. The Morgan fingerprint density at radius 2 is 1.61 bits per heavy atom. The Kier molecular flexibility index (Phi) is 9.97. The lowest BCUT2D eigenvalue weighted by Crippen LogP contribution is -2.38. The van der Waals surface area contributed by atoms with Crippen LogP contribution in [0.5, 0.6) is 0 Å². The van der Waals surface area contributed by atoms with Crippen molar-refractivity contribution in [2.75, 3.05) is 6.61 Å². The van der Waals surface area contributed by atoms with Gasteiger partial charge in [-0.15, -0.1) is 0 Å². The van der Waals surface area contributed by atoms with E-state index in [4.69, 9.17) is 4.74 Å². The lowest BCUT2D eigenvalue weighted by molar-refractivity contribution is -0.162. The van der Waals surface area contributed by atoms with Crippen molar-refractivity contribution < 1.29 is 19.4 Å². The Hall–Kier alpha value is -1.06. The molecule has 1 fully saturated rings. The SMILES string of the molecule is CCCCCCCCCCOC(=O)C1CCCC(C)C1C(=O)O. The lowest BCUT2D eigenvalue weighted by Gasteiger charge is -2.32. The molecule has 0 aromatic carbocycles. The van der Waals surface area contributed by atoms with Crippen molar-refractivity contribution in [2.45, 2.75) is 84.5 Å². The molecule has 4 heteroatoms. The van der Waals surface area contributed by atoms with Gasteiger partial charge in [-0.25, -0.2) is 0 Å². The van der Waals surface area contributed by atoms with Crippen LogP contribution in [0.3, 0.4) is 0 Å². The molecule has 0 aromatic rings. The Labute approximate surface area is 141 Å². The van der Waals surface area contributed by atoms with E-state index in [-0.39, 0.29) is 11.9 Å². The Balaban J connectivity index is 2.16. The first-order chi connectivity index (χ1) is 11.1. The maximum Gasteiger partial charge on any atom is 0.309 e. The van der Waals surface area contributed by atoms with Gasteiger partial charge in [0, 0.05) is 0 Å². The molecule has 3 atom stereocenters. The molecule has 1 rings (SSSR count). The molecule has 23 heavy (non-hydrogen) atoms.